The number of rotatable bonds is 1. The molecule has 0 aromatic carbocycles. The van der Waals surface area contributed by atoms with Crippen molar-refractivity contribution in [2.45, 2.75) is 0 Å². The number of hydrogen-bond donors (Lipinski definition) is 0. The molecule has 2 fully saturated rings. The first-order chi connectivity index (χ1) is 6.38. The van der Waals surface area contributed by atoms with Crippen molar-refractivity contribution in [1.82, 2.24) is 0 Å². The molecule has 2 heterocycles. The fraction of sp³-hybridized carbons (Fsp3) is 1.00. The van der Waals surface area contributed by atoms with Gasteiger partial charge >= 0.3 is 0 Å². The van der Waals surface area contributed by atoms with Crippen LogP contribution in [0.1, 0.15) is 0 Å². The van der Waals surface area contributed by atoms with Crippen LogP contribution < -0.4 is 0 Å². The fourth-order valence-corrected chi connectivity index (χ4v) is 4.39. The molecule has 2 saturated heterocycles. The van der Waals surface area contributed by atoms with Crippen LogP contribution in [-0.2, 0) is 28.6 Å². The van der Waals surface area contributed by atoms with E-state index in [1.54, 1.807) is 0 Å². The predicted octanol–water partition coefficient (Wildman–Crippen LogP) is -1.06. The lowest BCUT2D eigenvalue weighted by Crippen LogP contribution is -2.21. The zero-order valence-electron chi connectivity index (χ0n) is 7.25. The third-order valence-electron chi connectivity index (χ3n) is 2.43. The molecule has 2 rings (SSSR count). The first-order valence-corrected chi connectivity index (χ1v) is 7.28. The standard InChI is InChI=1S/C6H10O6S2/c7-13(8)3-5(1-11-13)6-2-12-14(9,10)4-6/h5-6H,1-4H2. The average Bonchev–Trinajstić information content (AvgIpc) is 2.54. The van der Waals surface area contributed by atoms with E-state index in [1.807, 2.05) is 0 Å². The molecule has 2 aliphatic heterocycles. The van der Waals surface area contributed by atoms with Crippen LogP contribution in [0.3, 0.4) is 0 Å². The molecule has 6 nitrogen and oxygen atoms in total. The van der Waals surface area contributed by atoms with Gasteiger partial charge in [0.25, 0.3) is 20.2 Å². The zero-order valence-corrected chi connectivity index (χ0v) is 8.88. The maximum Gasteiger partial charge on any atom is 0.267 e. The Bertz CT molecular complexity index is 379. The molecule has 2 aliphatic rings. The van der Waals surface area contributed by atoms with Crippen molar-refractivity contribution in [2.24, 2.45) is 11.8 Å². The van der Waals surface area contributed by atoms with Crippen molar-refractivity contribution in [3.8, 4) is 0 Å². The topological polar surface area (TPSA) is 86.7 Å². The second-order valence-corrected chi connectivity index (χ2v) is 6.91. The summed E-state index contributed by atoms with van der Waals surface area (Å²) in [5.41, 5.74) is 0. The molecular formula is C6H10O6S2. The Morgan fingerprint density at radius 2 is 1.14 bits per heavy atom. The van der Waals surface area contributed by atoms with Gasteiger partial charge in [-0.05, 0) is 0 Å². The van der Waals surface area contributed by atoms with Gasteiger partial charge in [-0.3, -0.25) is 8.37 Å². The highest BCUT2D eigenvalue weighted by Crippen LogP contribution is 2.28. The van der Waals surface area contributed by atoms with Gasteiger partial charge in [0, 0.05) is 11.8 Å². The lowest BCUT2D eigenvalue weighted by atomic mass is 9.98. The largest absolute Gasteiger partial charge is 0.270 e. The van der Waals surface area contributed by atoms with E-state index < -0.39 is 20.2 Å². The summed E-state index contributed by atoms with van der Waals surface area (Å²) in [5.74, 6) is -0.706. The Kier molecular flexibility index (Phi) is 2.33. The summed E-state index contributed by atoms with van der Waals surface area (Å²) >= 11 is 0. The van der Waals surface area contributed by atoms with Gasteiger partial charge in [-0.1, -0.05) is 0 Å². The van der Waals surface area contributed by atoms with Crippen LogP contribution in [0.4, 0.5) is 0 Å². The Morgan fingerprint density at radius 3 is 1.36 bits per heavy atom. The van der Waals surface area contributed by atoms with Crippen LogP contribution in [0.25, 0.3) is 0 Å². The molecule has 2 unspecified atom stereocenters. The van der Waals surface area contributed by atoms with Gasteiger partial charge in [-0.25, -0.2) is 0 Å². The molecule has 0 N–H and O–H groups in total. The van der Waals surface area contributed by atoms with Crippen molar-refractivity contribution in [3.05, 3.63) is 0 Å². The first kappa shape index (κ1) is 10.3. The Labute approximate surface area is 82.4 Å². The monoisotopic (exact) mass is 242 g/mol. The van der Waals surface area contributed by atoms with Gasteiger partial charge < -0.3 is 0 Å². The molecule has 2 atom stereocenters. The minimum Gasteiger partial charge on any atom is -0.270 e. The van der Waals surface area contributed by atoms with E-state index in [4.69, 9.17) is 0 Å². The molecule has 0 saturated carbocycles. The SMILES string of the molecule is O=S1(=O)CC(C2COS(=O)(=O)C2)CO1. The molecule has 8 heteroatoms. The second kappa shape index (κ2) is 3.16. The first-order valence-electron chi connectivity index (χ1n) is 4.12. The summed E-state index contributed by atoms with van der Waals surface area (Å²) in [6.45, 7) is 0.151. The van der Waals surface area contributed by atoms with Gasteiger partial charge in [0.15, 0.2) is 0 Å². The van der Waals surface area contributed by atoms with Crippen LogP contribution >= 0.6 is 0 Å². The lowest BCUT2D eigenvalue weighted by Gasteiger charge is -2.09. The summed E-state index contributed by atoms with van der Waals surface area (Å²) < 4.78 is 52.9. The highest BCUT2D eigenvalue weighted by molar-refractivity contribution is 7.87. The maximum absolute atomic E-state index is 10.9. The van der Waals surface area contributed by atoms with Crippen molar-refractivity contribution in [2.75, 3.05) is 24.7 Å². The predicted molar refractivity (Wildman–Crippen MR) is 46.5 cm³/mol. The van der Waals surface area contributed by atoms with E-state index in [0.717, 1.165) is 0 Å². The van der Waals surface area contributed by atoms with Crippen molar-refractivity contribution < 1.29 is 25.2 Å². The molecule has 0 aliphatic carbocycles. The lowest BCUT2D eigenvalue weighted by molar-refractivity contribution is 0.227. The maximum atomic E-state index is 10.9. The third kappa shape index (κ3) is 2.08. The molecule has 0 radical (unpaired) electrons. The molecule has 0 amide bonds. The summed E-state index contributed by atoms with van der Waals surface area (Å²) in [4.78, 5) is 0. The van der Waals surface area contributed by atoms with Gasteiger partial charge in [0.1, 0.15) is 0 Å². The quantitative estimate of drug-likeness (QED) is 0.545. The van der Waals surface area contributed by atoms with E-state index in [2.05, 4.69) is 8.37 Å². The van der Waals surface area contributed by atoms with Crippen molar-refractivity contribution in [1.29, 1.82) is 0 Å². The molecule has 14 heavy (non-hydrogen) atoms. The highest BCUT2D eigenvalue weighted by atomic mass is 32.2. The summed E-state index contributed by atoms with van der Waals surface area (Å²) in [6.07, 6.45) is 0. The molecule has 0 aromatic heterocycles. The molecule has 0 spiro atoms. The van der Waals surface area contributed by atoms with Gasteiger partial charge in [-0.15, -0.1) is 0 Å². The smallest absolute Gasteiger partial charge is 0.267 e. The van der Waals surface area contributed by atoms with E-state index in [1.165, 1.54) is 0 Å². The summed E-state index contributed by atoms with van der Waals surface area (Å²) in [7, 11) is -6.84. The van der Waals surface area contributed by atoms with Gasteiger partial charge in [-0.2, -0.15) is 16.8 Å². The Hall–Kier alpha value is -0.180. The molecule has 0 aromatic rings. The number of hydrogen-bond acceptors (Lipinski definition) is 6. The van der Waals surface area contributed by atoms with Crippen LogP contribution in [-0.4, -0.2) is 41.6 Å². The van der Waals surface area contributed by atoms with E-state index in [0.29, 0.717) is 0 Å². The highest BCUT2D eigenvalue weighted by Gasteiger charge is 2.41. The molecule has 0 bridgehead atoms. The third-order valence-corrected chi connectivity index (χ3v) is 5.09. The summed E-state index contributed by atoms with van der Waals surface area (Å²) in [5, 5.41) is 0. The van der Waals surface area contributed by atoms with Gasteiger partial charge in [0.05, 0.1) is 24.7 Å². The van der Waals surface area contributed by atoms with Crippen LogP contribution in [0.15, 0.2) is 0 Å². The second-order valence-electron chi connectivity index (χ2n) is 3.54. The fourth-order valence-electron chi connectivity index (χ4n) is 1.64. The molecule has 82 valence electrons. The minimum absolute atomic E-state index is 0.0753. The minimum atomic E-state index is -3.42. The summed E-state index contributed by atoms with van der Waals surface area (Å²) in [6, 6.07) is 0. The van der Waals surface area contributed by atoms with E-state index >= 15 is 0 Å². The van der Waals surface area contributed by atoms with E-state index in [9.17, 15) is 16.8 Å². The zero-order chi connectivity index (χ0) is 10.4. The molecular weight excluding hydrogens is 232 g/mol. The Balaban J connectivity index is 2.06. The van der Waals surface area contributed by atoms with Gasteiger partial charge in [0.2, 0.25) is 0 Å². The van der Waals surface area contributed by atoms with Crippen LogP contribution in [0.2, 0.25) is 0 Å². The van der Waals surface area contributed by atoms with Crippen molar-refractivity contribution in [3.63, 3.8) is 0 Å². The van der Waals surface area contributed by atoms with E-state index in [-0.39, 0.29) is 36.6 Å². The average molecular weight is 242 g/mol. The van der Waals surface area contributed by atoms with Crippen LogP contribution in [0.5, 0.6) is 0 Å². The normalized spacial score (nSPS) is 40.0. The Morgan fingerprint density at radius 1 is 0.786 bits per heavy atom. The van der Waals surface area contributed by atoms with Crippen molar-refractivity contribution >= 4 is 20.2 Å². The van der Waals surface area contributed by atoms with Crippen LogP contribution in [0, 0.1) is 11.8 Å².